The molecule has 0 aromatic carbocycles. The first kappa shape index (κ1) is 8.57. The minimum Gasteiger partial charge on any atom is -0.343 e. The second-order valence-electron chi connectivity index (χ2n) is 3.76. The van der Waals surface area contributed by atoms with Crippen LogP contribution < -0.4 is 0 Å². The molecular weight excluding hydrogens is 138 g/mol. The summed E-state index contributed by atoms with van der Waals surface area (Å²) in [6.07, 6.45) is 1.19. The summed E-state index contributed by atoms with van der Waals surface area (Å²) in [7, 11) is 0. The van der Waals surface area contributed by atoms with E-state index in [-0.39, 0.29) is 5.91 Å². The van der Waals surface area contributed by atoms with Crippen LogP contribution in [-0.4, -0.2) is 23.9 Å². The molecule has 2 heteroatoms. The van der Waals surface area contributed by atoms with Crippen molar-refractivity contribution in [2.45, 2.75) is 27.2 Å². The quantitative estimate of drug-likeness (QED) is 0.562. The Bertz CT molecular complexity index is 154. The molecule has 2 nitrogen and oxygen atoms in total. The maximum atomic E-state index is 10.9. The fourth-order valence-corrected chi connectivity index (χ4v) is 1.62. The Morgan fingerprint density at radius 1 is 1.55 bits per heavy atom. The van der Waals surface area contributed by atoms with Crippen molar-refractivity contribution < 1.29 is 4.79 Å². The van der Waals surface area contributed by atoms with Gasteiger partial charge in [-0.3, -0.25) is 4.79 Å². The first-order valence-electron chi connectivity index (χ1n) is 4.36. The van der Waals surface area contributed by atoms with Crippen molar-refractivity contribution in [2.75, 3.05) is 13.1 Å². The van der Waals surface area contributed by atoms with E-state index in [0.717, 1.165) is 24.9 Å². The van der Waals surface area contributed by atoms with E-state index in [1.807, 2.05) is 4.90 Å². The van der Waals surface area contributed by atoms with Gasteiger partial charge in [0.2, 0.25) is 5.91 Å². The summed E-state index contributed by atoms with van der Waals surface area (Å²) in [5.41, 5.74) is 0. The third-order valence-corrected chi connectivity index (χ3v) is 2.61. The summed E-state index contributed by atoms with van der Waals surface area (Å²) in [6, 6.07) is 0. The summed E-state index contributed by atoms with van der Waals surface area (Å²) in [5, 5.41) is 0. The summed E-state index contributed by atoms with van der Waals surface area (Å²) in [5.74, 6) is 1.69. The van der Waals surface area contributed by atoms with E-state index in [2.05, 4.69) is 13.8 Å². The first-order valence-corrected chi connectivity index (χ1v) is 4.36. The van der Waals surface area contributed by atoms with E-state index in [1.54, 1.807) is 6.92 Å². The number of likely N-dealkylation sites (tertiary alicyclic amines) is 1. The van der Waals surface area contributed by atoms with Crippen molar-refractivity contribution in [3.05, 3.63) is 0 Å². The largest absolute Gasteiger partial charge is 0.343 e. The average molecular weight is 155 g/mol. The van der Waals surface area contributed by atoms with Crippen molar-refractivity contribution >= 4 is 5.91 Å². The normalized spacial score (nSPS) is 24.7. The Hall–Kier alpha value is -0.530. The van der Waals surface area contributed by atoms with E-state index in [4.69, 9.17) is 0 Å². The molecule has 1 saturated heterocycles. The summed E-state index contributed by atoms with van der Waals surface area (Å²) in [4.78, 5) is 12.9. The molecule has 1 amide bonds. The lowest BCUT2D eigenvalue weighted by Gasteiger charge is -2.15. The van der Waals surface area contributed by atoms with Gasteiger partial charge in [0.05, 0.1) is 0 Å². The van der Waals surface area contributed by atoms with Gasteiger partial charge in [0, 0.05) is 20.0 Å². The maximum absolute atomic E-state index is 10.9. The van der Waals surface area contributed by atoms with Gasteiger partial charge in [-0.15, -0.1) is 0 Å². The molecule has 1 fully saturated rings. The third kappa shape index (κ3) is 1.95. The fraction of sp³-hybridized carbons (Fsp3) is 0.889. The van der Waals surface area contributed by atoms with Crippen molar-refractivity contribution in [3.8, 4) is 0 Å². The van der Waals surface area contributed by atoms with Crippen LogP contribution in [-0.2, 0) is 4.79 Å². The molecule has 0 bridgehead atoms. The molecule has 0 aromatic rings. The standard InChI is InChI=1S/C9H17NO/c1-7(2)9-4-5-10(6-9)8(3)11/h7,9H,4-6H2,1-3H3/t9-/m1/s1. The summed E-state index contributed by atoms with van der Waals surface area (Å²) in [6.45, 7) is 8.07. The Morgan fingerprint density at radius 2 is 2.18 bits per heavy atom. The number of nitrogens with zero attached hydrogens (tertiary/aromatic N) is 1. The lowest BCUT2D eigenvalue weighted by atomic mass is 9.95. The second kappa shape index (κ2) is 3.24. The predicted molar refractivity (Wildman–Crippen MR) is 45.2 cm³/mol. The van der Waals surface area contributed by atoms with Crippen molar-refractivity contribution in [1.82, 2.24) is 4.90 Å². The van der Waals surface area contributed by atoms with E-state index in [0.29, 0.717) is 0 Å². The monoisotopic (exact) mass is 155 g/mol. The molecule has 0 unspecified atom stereocenters. The molecule has 0 radical (unpaired) electrons. The summed E-state index contributed by atoms with van der Waals surface area (Å²) >= 11 is 0. The predicted octanol–water partition coefficient (Wildman–Crippen LogP) is 1.51. The van der Waals surface area contributed by atoms with Crippen LogP contribution in [0.2, 0.25) is 0 Å². The highest BCUT2D eigenvalue weighted by molar-refractivity contribution is 5.73. The Kier molecular flexibility index (Phi) is 2.53. The van der Waals surface area contributed by atoms with Gasteiger partial charge in [-0.2, -0.15) is 0 Å². The minimum absolute atomic E-state index is 0.230. The van der Waals surface area contributed by atoms with E-state index in [1.165, 1.54) is 6.42 Å². The number of carbonyl (C=O) groups is 1. The molecule has 0 N–H and O–H groups in total. The number of carbonyl (C=O) groups excluding carboxylic acids is 1. The number of hydrogen-bond donors (Lipinski definition) is 0. The lowest BCUT2D eigenvalue weighted by Crippen LogP contribution is -2.26. The molecule has 64 valence electrons. The van der Waals surface area contributed by atoms with Crippen molar-refractivity contribution in [2.24, 2.45) is 11.8 Å². The van der Waals surface area contributed by atoms with E-state index < -0.39 is 0 Å². The van der Waals surface area contributed by atoms with Crippen LogP contribution in [0, 0.1) is 11.8 Å². The lowest BCUT2D eigenvalue weighted by molar-refractivity contribution is -0.127. The average Bonchev–Trinajstić information content (AvgIpc) is 2.33. The molecular formula is C9H17NO. The zero-order chi connectivity index (χ0) is 8.43. The van der Waals surface area contributed by atoms with Gasteiger partial charge < -0.3 is 4.90 Å². The van der Waals surface area contributed by atoms with Gasteiger partial charge in [0.25, 0.3) is 0 Å². The van der Waals surface area contributed by atoms with E-state index in [9.17, 15) is 4.79 Å². The van der Waals surface area contributed by atoms with Crippen LogP contribution in [0.3, 0.4) is 0 Å². The van der Waals surface area contributed by atoms with Gasteiger partial charge in [0.1, 0.15) is 0 Å². The molecule has 1 heterocycles. The fourth-order valence-electron chi connectivity index (χ4n) is 1.62. The van der Waals surface area contributed by atoms with Crippen LogP contribution in [0.1, 0.15) is 27.2 Å². The first-order chi connectivity index (χ1) is 5.11. The van der Waals surface area contributed by atoms with Crippen LogP contribution in [0.5, 0.6) is 0 Å². The number of rotatable bonds is 1. The Balaban J connectivity index is 2.41. The second-order valence-corrected chi connectivity index (χ2v) is 3.76. The molecule has 11 heavy (non-hydrogen) atoms. The molecule has 0 aliphatic carbocycles. The van der Waals surface area contributed by atoms with E-state index >= 15 is 0 Å². The molecule has 1 aliphatic heterocycles. The SMILES string of the molecule is CC(=O)N1CC[C@@H](C(C)C)C1. The molecule has 1 atom stereocenters. The maximum Gasteiger partial charge on any atom is 0.219 e. The van der Waals surface area contributed by atoms with Crippen LogP contribution in [0.25, 0.3) is 0 Å². The molecule has 0 spiro atoms. The zero-order valence-corrected chi connectivity index (χ0v) is 7.63. The third-order valence-electron chi connectivity index (χ3n) is 2.61. The highest BCUT2D eigenvalue weighted by atomic mass is 16.2. The number of amides is 1. The highest BCUT2D eigenvalue weighted by Gasteiger charge is 2.25. The number of hydrogen-bond acceptors (Lipinski definition) is 1. The highest BCUT2D eigenvalue weighted by Crippen LogP contribution is 2.23. The Labute approximate surface area is 68.6 Å². The van der Waals surface area contributed by atoms with Crippen molar-refractivity contribution in [3.63, 3.8) is 0 Å². The smallest absolute Gasteiger partial charge is 0.219 e. The van der Waals surface area contributed by atoms with Gasteiger partial charge in [-0.05, 0) is 18.3 Å². The van der Waals surface area contributed by atoms with Crippen LogP contribution >= 0.6 is 0 Å². The minimum atomic E-state index is 0.230. The molecule has 1 rings (SSSR count). The molecule has 1 aliphatic rings. The summed E-state index contributed by atoms with van der Waals surface area (Å²) < 4.78 is 0. The topological polar surface area (TPSA) is 20.3 Å². The van der Waals surface area contributed by atoms with Gasteiger partial charge >= 0.3 is 0 Å². The van der Waals surface area contributed by atoms with Crippen LogP contribution in [0.15, 0.2) is 0 Å². The van der Waals surface area contributed by atoms with Crippen LogP contribution in [0.4, 0.5) is 0 Å². The zero-order valence-electron chi connectivity index (χ0n) is 7.63. The van der Waals surface area contributed by atoms with Gasteiger partial charge in [0.15, 0.2) is 0 Å². The molecule has 0 saturated carbocycles. The van der Waals surface area contributed by atoms with Crippen molar-refractivity contribution in [1.29, 1.82) is 0 Å². The molecule has 0 aromatic heterocycles. The van der Waals surface area contributed by atoms with Gasteiger partial charge in [-0.25, -0.2) is 0 Å². The van der Waals surface area contributed by atoms with Gasteiger partial charge in [-0.1, -0.05) is 13.8 Å². The Morgan fingerprint density at radius 3 is 2.45 bits per heavy atom.